The Bertz CT molecular complexity index is 633. The number of hydrogen-bond donors (Lipinski definition) is 2. The van der Waals surface area contributed by atoms with Gasteiger partial charge in [0.2, 0.25) is 0 Å². The van der Waals surface area contributed by atoms with E-state index < -0.39 is 0 Å². The summed E-state index contributed by atoms with van der Waals surface area (Å²) in [5, 5.41) is 14.5. The van der Waals surface area contributed by atoms with E-state index in [1.165, 1.54) is 0 Å². The Morgan fingerprint density at radius 2 is 2.00 bits per heavy atom. The molecule has 1 aliphatic heterocycles. The van der Waals surface area contributed by atoms with Gasteiger partial charge < -0.3 is 10.6 Å². The van der Waals surface area contributed by atoms with Gasteiger partial charge in [-0.1, -0.05) is 28.4 Å². The molecule has 1 aromatic carbocycles. The van der Waals surface area contributed by atoms with Crippen molar-refractivity contribution in [2.24, 2.45) is 0 Å². The molecule has 0 bridgehead atoms. The van der Waals surface area contributed by atoms with Crippen molar-refractivity contribution in [1.29, 1.82) is 0 Å². The Labute approximate surface area is 125 Å². The highest BCUT2D eigenvalue weighted by Gasteiger charge is 2.21. The molecule has 1 aliphatic rings. The van der Waals surface area contributed by atoms with Crippen LogP contribution in [0.25, 0.3) is 0 Å². The van der Waals surface area contributed by atoms with Gasteiger partial charge in [-0.25, -0.2) is 4.68 Å². The second-order valence-electron chi connectivity index (χ2n) is 4.51. The molecule has 0 radical (unpaired) electrons. The summed E-state index contributed by atoms with van der Waals surface area (Å²) < 4.78 is 1.69. The van der Waals surface area contributed by atoms with Crippen molar-refractivity contribution in [3.8, 4) is 0 Å². The van der Waals surface area contributed by atoms with E-state index in [9.17, 15) is 4.79 Å². The number of carbonyl (C=O) groups excluding carboxylic acids is 1. The molecule has 0 aliphatic carbocycles. The number of rotatable bonds is 3. The number of nitrogens with zero attached hydrogens (tertiary/aromatic N) is 3. The van der Waals surface area contributed by atoms with Gasteiger partial charge in [0, 0.05) is 28.8 Å². The standard InChI is InChI=1S/C12H11Cl2N5O/c13-7-1-8(14)3-9(2-7)16-12(20)11-6-19(18-17-11)10-4-15-5-10/h1-3,6,10,15H,4-5H2,(H,16,20). The second kappa shape index (κ2) is 5.40. The van der Waals surface area contributed by atoms with E-state index in [0.717, 1.165) is 13.1 Å². The summed E-state index contributed by atoms with van der Waals surface area (Å²) in [6, 6.07) is 5.10. The first-order chi connectivity index (χ1) is 9.61. The summed E-state index contributed by atoms with van der Waals surface area (Å²) in [4.78, 5) is 12.1. The lowest BCUT2D eigenvalue weighted by atomic mass is 10.2. The predicted octanol–water partition coefficient (Wildman–Crippen LogP) is 1.98. The molecule has 104 valence electrons. The summed E-state index contributed by atoms with van der Waals surface area (Å²) in [6.45, 7) is 1.68. The molecule has 3 rings (SSSR count). The van der Waals surface area contributed by atoms with Crippen molar-refractivity contribution in [1.82, 2.24) is 20.3 Å². The van der Waals surface area contributed by atoms with E-state index in [1.807, 2.05) is 0 Å². The number of anilines is 1. The van der Waals surface area contributed by atoms with Crippen molar-refractivity contribution in [2.45, 2.75) is 6.04 Å². The fourth-order valence-electron chi connectivity index (χ4n) is 1.84. The van der Waals surface area contributed by atoms with Crippen LogP contribution in [-0.2, 0) is 0 Å². The van der Waals surface area contributed by atoms with Gasteiger partial charge >= 0.3 is 0 Å². The number of halogens is 2. The fraction of sp³-hybridized carbons (Fsp3) is 0.250. The van der Waals surface area contributed by atoms with Gasteiger partial charge in [0.25, 0.3) is 5.91 Å². The smallest absolute Gasteiger partial charge is 0.277 e. The predicted molar refractivity (Wildman–Crippen MR) is 76.3 cm³/mol. The minimum absolute atomic E-state index is 0.257. The van der Waals surface area contributed by atoms with Crippen molar-refractivity contribution >= 4 is 34.8 Å². The van der Waals surface area contributed by atoms with Crippen LogP contribution >= 0.6 is 23.2 Å². The maximum absolute atomic E-state index is 12.1. The molecular weight excluding hydrogens is 301 g/mol. The highest BCUT2D eigenvalue weighted by atomic mass is 35.5. The van der Waals surface area contributed by atoms with Crippen LogP contribution in [-0.4, -0.2) is 34.0 Å². The molecule has 0 spiro atoms. The topological polar surface area (TPSA) is 71.8 Å². The summed E-state index contributed by atoms with van der Waals surface area (Å²) in [5.41, 5.74) is 0.778. The molecular formula is C12H11Cl2N5O. The summed E-state index contributed by atoms with van der Waals surface area (Å²) in [5.74, 6) is -0.345. The van der Waals surface area contributed by atoms with E-state index in [1.54, 1.807) is 29.1 Å². The summed E-state index contributed by atoms with van der Waals surface area (Å²) >= 11 is 11.8. The largest absolute Gasteiger partial charge is 0.320 e. The lowest BCUT2D eigenvalue weighted by molar-refractivity contribution is 0.102. The van der Waals surface area contributed by atoms with Crippen molar-refractivity contribution in [2.75, 3.05) is 18.4 Å². The van der Waals surface area contributed by atoms with E-state index in [2.05, 4.69) is 20.9 Å². The third-order valence-corrected chi connectivity index (χ3v) is 3.43. The molecule has 2 aromatic rings. The SMILES string of the molecule is O=C(Nc1cc(Cl)cc(Cl)c1)c1cn(C2CNC2)nn1. The molecule has 1 amide bonds. The van der Waals surface area contributed by atoms with Gasteiger partial charge in [0.1, 0.15) is 0 Å². The highest BCUT2D eigenvalue weighted by Crippen LogP contribution is 2.22. The van der Waals surface area contributed by atoms with Crippen LogP contribution in [0.2, 0.25) is 10.0 Å². The molecule has 2 heterocycles. The second-order valence-corrected chi connectivity index (χ2v) is 5.38. The lowest BCUT2D eigenvalue weighted by Crippen LogP contribution is -2.43. The summed E-state index contributed by atoms with van der Waals surface area (Å²) in [6.07, 6.45) is 1.63. The number of aromatic nitrogens is 3. The Balaban J connectivity index is 1.73. The Kier molecular flexibility index (Phi) is 3.60. The van der Waals surface area contributed by atoms with Gasteiger partial charge in [-0.05, 0) is 18.2 Å². The maximum Gasteiger partial charge on any atom is 0.277 e. The van der Waals surface area contributed by atoms with Crippen molar-refractivity contribution in [3.05, 3.63) is 40.1 Å². The average molecular weight is 312 g/mol. The van der Waals surface area contributed by atoms with Crippen molar-refractivity contribution < 1.29 is 4.79 Å². The molecule has 2 N–H and O–H groups in total. The number of hydrogen-bond acceptors (Lipinski definition) is 4. The molecule has 1 saturated heterocycles. The lowest BCUT2D eigenvalue weighted by Gasteiger charge is -2.26. The minimum Gasteiger partial charge on any atom is -0.320 e. The molecule has 8 heteroatoms. The van der Waals surface area contributed by atoms with E-state index >= 15 is 0 Å². The van der Waals surface area contributed by atoms with Gasteiger partial charge in [0.05, 0.1) is 12.2 Å². The molecule has 1 aromatic heterocycles. The van der Waals surface area contributed by atoms with Crippen LogP contribution in [0.4, 0.5) is 5.69 Å². The fourth-order valence-corrected chi connectivity index (χ4v) is 2.37. The van der Waals surface area contributed by atoms with E-state index in [4.69, 9.17) is 23.2 Å². The quantitative estimate of drug-likeness (QED) is 0.909. The molecule has 0 unspecified atom stereocenters. The number of benzene rings is 1. The van der Waals surface area contributed by atoms with Crippen LogP contribution in [0.5, 0.6) is 0 Å². The summed E-state index contributed by atoms with van der Waals surface area (Å²) in [7, 11) is 0. The Morgan fingerprint density at radius 1 is 1.30 bits per heavy atom. The molecule has 20 heavy (non-hydrogen) atoms. The van der Waals surface area contributed by atoms with Gasteiger partial charge in [-0.3, -0.25) is 4.79 Å². The molecule has 6 nitrogen and oxygen atoms in total. The van der Waals surface area contributed by atoms with Crippen LogP contribution in [0.1, 0.15) is 16.5 Å². The van der Waals surface area contributed by atoms with Crippen LogP contribution in [0.3, 0.4) is 0 Å². The first kappa shape index (κ1) is 13.4. The third kappa shape index (κ3) is 2.77. The van der Waals surface area contributed by atoms with Gasteiger partial charge in [-0.15, -0.1) is 5.10 Å². The van der Waals surface area contributed by atoms with Gasteiger partial charge in [0.15, 0.2) is 5.69 Å². The molecule has 0 saturated carbocycles. The van der Waals surface area contributed by atoms with Crippen LogP contribution < -0.4 is 10.6 Å². The Hall–Kier alpha value is -1.63. The molecule has 1 fully saturated rings. The Morgan fingerprint density at radius 3 is 2.60 bits per heavy atom. The monoisotopic (exact) mass is 311 g/mol. The minimum atomic E-state index is -0.345. The van der Waals surface area contributed by atoms with Gasteiger partial charge in [-0.2, -0.15) is 0 Å². The molecule has 0 atom stereocenters. The third-order valence-electron chi connectivity index (χ3n) is 3.00. The van der Waals surface area contributed by atoms with Crippen LogP contribution in [0, 0.1) is 0 Å². The van der Waals surface area contributed by atoms with Crippen molar-refractivity contribution in [3.63, 3.8) is 0 Å². The van der Waals surface area contributed by atoms with E-state index in [0.29, 0.717) is 15.7 Å². The normalized spacial score (nSPS) is 14.9. The first-order valence-electron chi connectivity index (χ1n) is 6.02. The number of nitrogens with one attached hydrogen (secondary N) is 2. The number of carbonyl (C=O) groups is 1. The zero-order valence-electron chi connectivity index (χ0n) is 10.3. The van der Waals surface area contributed by atoms with Crippen LogP contribution in [0.15, 0.2) is 24.4 Å². The highest BCUT2D eigenvalue weighted by molar-refractivity contribution is 6.35. The zero-order chi connectivity index (χ0) is 14.1. The number of amides is 1. The van der Waals surface area contributed by atoms with E-state index in [-0.39, 0.29) is 17.6 Å². The first-order valence-corrected chi connectivity index (χ1v) is 6.77. The average Bonchev–Trinajstić information content (AvgIpc) is 2.74. The zero-order valence-corrected chi connectivity index (χ0v) is 11.8. The maximum atomic E-state index is 12.1.